The van der Waals surface area contributed by atoms with Gasteiger partial charge in [-0.15, -0.1) is 0 Å². The van der Waals surface area contributed by atoms with Gasteiger partial charge in [0.25, 0.3) is 5.89 Å². The summed E-state index contributed by atoms with van der Waals surface area (Å²) in [7, 11) is 0. The van der Waals surface area contributed by atoms with Crippen LogP contribution in [0.25, 0.3) is 11.5 Å². The number of rotatable bonds is 8. The maximum absolute atomic E-state index is 13.1. The number of alkyl halides is 3. The van der Waals surface area contributed by atoms with Crippen LogP contribution < -0.4 is 9.64 Å². The smallest absolute Gasteiger partial charge is 0.433 e. The number of aromatic nitrogens is 4. The summed E-state index contributed by atoms with van der Waals surface area (Å²) >= 11 is 0. The van der Waals surface area contributed by atoms with Gasteiger partial charge < -0.3 is 19.3 Å². The molecule has 1 aliphatic heterocycles. The Hall–Kier alpha value is -4.48. The fraction of sp³-hybridized carbons (Fsp3) is 0.269. The molecule has 1 aliphatic rings. The monoisotopic (exact) mass is 525 g/mol. The SMILES string of the molecule is O=C(O)[C@H]1CN(c2nccc(C(F)(F)F)n2)C[C@H]1Cc1ccc(OCc2noc(-c3ccccc3)n2)cc1. The van der Waals surface area contributed by atoms with E-state index in [1.54, 1.807) is 12.1 Å². The molecule has 0 radical (unpaired) electrons. The van der Waals surface area contributed by atoms with Crippen molar-refractivity contribution in [2.75, 3.05) is 18.0 Å². The molecule has 2 aromatic heterocycles. The van der Waals surface area contributed by atoms with E-state index in [0.717, 1.165) is 23.4 Å². The zero-order valence-corrected chi connectivity index (χ0v) is 19.9. The van der Waals surface area contributed by atoms with Crippen LogP contribution in [0.2, 0.25) is 0 Å². The van der Waals surface area contributed by atoms with E-state index in [1.165, 1.54) is 4.90 Å². The predicted molar refractivity (Wildman–Crippen MR) is 128 cm³/mol. The summed E-state index contributed by atoms with van der Waals surface area (Å²) < 4.78 is 50.2. The number of carbonyl (C=O) groups is 1. The highest BCUT2D eigenvalue weighted by Crippen LogP contribution is 2.32. The highest BCUT2D eigenvalue weighted by Gasteiger charge is 2.40. The Morgan fingerprint density at radius 2 is 1.82 bits per heavy atom. The van der Waals surface area contributed by atoms with Crippen LogP contribution in [0.5, 0.6) is 5.75 Å². The van der Waals surface area contributed by atoms with Gasteiger partial charge in [-0.3, -0.25) is 4.79 Å². The van der Waals surface area contributed by atoms with Crippen molar-refractivity contribution in [3.05, 3.63) is 83.9 Å². The summed E-state index contributed by atoms with van der Waals surface area (Å²) in [6, 6.07) is 17.3. The fourth-order valence-electron chi connectivity index (χ4n) is 4.36. The molecule has 3 heterocycles. The number of anilines is 1. The minimum Gasteiger partial charge on any atom is -0.485 e. The lowest BCUT2D eigenvalue weighted by Gasteiger charge is -2.17. The van der Waals surface area contributed by atoms with E-state index in [1.807, 2.05) is 42.5 Å². The molecule has 4 aromatic rings. The van der Waals surface area contributed by atoms with E-state index < -0.39 is 23.8 Å². The van der Waals surface area contributed by atoms with Crippen LogP contribution in [-0.4, -0.2) is 44.3 Å². The first kappa shape index (κ1) is 25.2. The number of ether oxygens (including phenoxy) is 1. The first-order valence-electron chi connectivity index (χ1n) is 11.7. The molecular weight excluding hydrogens is 503 g/mol. The van der Waals surface area contributed by atoms with Gasteiger partial charge in [0.05, 0.1) is 5.92 Å². The zero-order valence-electron chi connectivity index (χ0n) is 19.9. The zero-order chi connectivity index (χ0) is 26.7. The minimum absolute atomic E-state index is 0.0260. The Morgan fingerprint density at radius 3 is 2.53 bits per heavy atom. The Kier molecular flexibility index (Phi) is 6.95. The summed E-state index contributed by atoms with van der Waals surface area (Å²) in [6.07, 6.45) is -3.16. The highest BCUT2D eigenvalue weighted by atomic mass is 19.4. The second kappa shape index (κ2) is 10.5. The number of hydrogen-bond donors (Lipinski definition) is 1. The Balaban J connectivity index is 1.20. The molecule has 0 bridgehead atoms. The van der Waals surface area contributed by atoms with Crippen molar-refractivity contribution < 1.29 is 32.3 Å². The molecule has 9 nitrogen and oxygen atoms in total. The van der Waals surface area contributed by atoms with Gasteiger partial charge in [0.15, 0.2) is 6.61 Å². The van der Waals surface area contributed by atoms with E-state index in [-0.39, 0.29) is 31.6 Å². The number of halogens is 3. The van der Waals surface area contributed by atoms with Crippen LogP contribution in [0.1, 0.15) is 17.1 Å². The summed E-state index contributed by atoms with van der Waals surface area (Å²) in [5, 5.41) is 13.6. The minimum atomic E-state index is -4.61. The molecule has 196 valence electrons. The lowest BCUT2D eigenvalue weighted by Crippen LogP contribution is -2.25. The van der Waals surface area contributed by atoms with Crippen LogP contribution in [0, 0.1) is 11.8 Å². The number of hydrogen-bond acceptors (Lipinski definition) is 8. The molecule has 1 fully saturated rings. The molecule has 1 saturated heterocycles. The first-order chi connectivity index (χ1) is 18.3. The molecule has 0 aliphatic carbocycles. The van der Waals surface area contributed by atoms with Gasteiger partial charge in [0.2, 0.25) is 11.8 Å². The molecule has 38 heavy (non-hydrogen) atoms. The number of aliphatic carboxylic acids is 1. The fourth-order valence-corrected chi connectivity index (χ4v) is 4.36. The average Bonchev–Trinajstić information content (AvgIpc) is 3.56. The van der Waals surface area contributed by atoms with Gasteiger partial charge in [-0.2, -0.15) is 18.2 Å². The summed E-state index contributed by atoms with van der Waals surface area (Å²) in [6.45, 7) is 0.349. The molecule has 2 aromatic carbocycles. The molecule has 0 amide bonds. The molecule has 1 N–H and O–H groups in total. The van der Waals surface area contributed by atoms with Crippen LogP contribution >= 0.6 is 0 Å². The van der Waals surface area contributed by atoms with Gasteiger partial charge >= 0.3 is 12.1 Å². The third-order valence-corrected chi connectivity index (χ3v) is 6.25. The number of carboxylic acids is 1. The second-order valence-corrected chi connectivity index (χ2v) is 8.87. The van der Waals surface area contributed by atoms with Gasteiger partial charge in [-0.1, -0.05) is 35.5 Å². The number of benzene rings is 2. The second-order valence-electron chi connectivity index (χ2n) is 8.87. The summed E-state index contributed by atoms with van der Waals surface area (Å²) in [4.78, 5) is 25.2. The van der Waals surface area contributed by atoms with Crippen molar-refractivity contribution in [2.45, 2.75) is 19.2 Å². The van der Waals surface area contributed by atoms with E-state index in [4.69, 9.17) is 9.26 Å². The van der Waals surface area contributed by atoms with Crippen LogP contribution in [-0.2, 0) is 24.0 Å². The van der Waals surface area contributed by atoms with E-state index in [0.29, 0.717) is 23.9 Å². The molecule has 12 heteroatoms. The Bertz CT molecular complexity index is 1400. The van der Waals surface area contributed by atoms with E-state index in [9.17, 15) is 23.1 Å². The summed E-state index contributed by atoms with van der Waals surface area (Å²) in [5.74, 6) is -0.906. The lowest BCUT2D eigenvalue weighted by molar-refractivity contribution is -0.142. The largest absolute Gasteiger partial charge is 0.485 e. The van der Waals surface area contributed by atoms with Crippen molar-refractivity contribution in [3.63, 3.8) is 0 Å². The standard InChI is InChI=1S/C26H22F3N5O4/c27-26(28,29)21-10-11-30-25(31-21)34-13-18(20(14-34)24(35)36)12-16-6-8-19(9-7-16)37-15-22-32-23(38-33-22)17-4-2-1-3-5-17/h1-11,18,20H,12-15H2,(H,35,36)/t18-,20+/m1/s1. The van der Waals surface area contributed by atoms with E-state index in [2.05, 4.69) is 20.1 Å². The predicted octanol–water partition coefficient (Wildman–Crippen LogP) is 4.50. The van der Waals surface area contributed by atoms with E-state index >= 15 is 0 Å². The van der Waals surface area contributed by atoms with Crippen molar-refractivity contribution in [1.29, 1.82) is 0 Å². The maximum atomic E-state index is 13.1. The Morgan fingerprint density at radius 1 is 1.05 bits per heavy atom. The maximum Gasteiger partial charge on any atom is 0.433 e. The third-order valence-electron chi connectivity index (χ3n) is 6.25. The number of carboxylic acid groups (broad SMARTS) is 1. The quantitative estimate of drug-likeness (QED) is 0.355. The first-order valence-corrected chi connectivity index (χ1v) is 11.7. The molecule has 0 spiro atoms. The summed E-state index contributed by atoms with van der Waals surface area (Å²) in [5.41, 5.74) is 0.609. The van der Waals surface area contributed by atoms with Crippen molar-refractivity contribution in [1.82, 2.24) is 20.1 Å². The van der Waals surface area contributed by atoms with Gasteiger partial charge in [0.1, 0.15) is 11.4 Å². The van der Waals surface area contributed by atoms with Crippen molar-refractivity contribution in [3.8, 4) is 17.2 Å². The third kappa shape index (κ3) is 5.74. The molecule has 0 unspecified atom stereocenters. The van der Waals surface area contributed by atoms with Crippen LogP contribution in [0.3, 0.4) is 0 Å². The van der Waals surface area contributed by atoms with Crippen molar-refractivity contribution in [2.24, 2.45) is 11.8 Å². The topological polar surface area (TPSA) is 114 Å². The van der Waals surface area contributed by atoms with Gasteiger partial charge in [-0.25, -0.2) is 9.97 Å². The number of nitrogens with zero attached hydrogens (tertiary/aromatic N) is 5. The molecular formula is C26H22F3N5O4. The van der Waals surface area contributed by atoms with Gasteiger partial charge in [-0.05, 0) is 48.2 Å². The molecule has 2 atom stereocenters. The van der Waals surface area contributed by atoms with Crippen molar-refractivity contribution >= 4 is 11.9 Å². The molecule has 0 saturated carbocycles. The van der Waals surface area contributed by atoms with Crippen LogP contribution in [0.4, 0.5) is 19.1 Å². The highest BCUT2D eigenvalue weighted by molar-refractivity contribution is 5.72. The Labute approximate surface area is 214 Å². The van der Waals surface area contributed by atoms with Gasteiger partial charge in [0, 0.05) is 24.8 Å². The average molecular weight is 525 g/mol. The lowest BCUT2D eigenvalue weighted by atomic mass is 9.90. The normalized spacial score (nSPS) is 17.5. The molecule has 5 rings (SSSR count). The van der Waals surface area contributed by atoms with Crippen LogP contribution in [0.15, 0.2) is 71.4 Å².